The van der Waals surface area contributed by atoms with Gasteiger partial charge in [-0.1, -0.05) is 39.0 Å². The smallest absolute Gasteiger partial charge is 0.232 e. The Labute approximate surface area is 704 Å². The largest absolute Gasteiger partial charge is 0.395 e. The van der Waals surface area contributed by atoms with Gasteiger partial charge in [-0.2, -0.15) is 44.9 Å². The van der Waals surface area contributed by atoms with Crippen molar-refractivity contribution in [3.05, 3.63) is 0 Å². The van der Waals surface area contributed by atoms with Gasteiger partial charge in [0.25, 0.3) is 0 Å². The minimum atomic E-state index is -0.213. The van der Waals surface area contributed by atoms with Crippen molar-refractivity contribution in [3.8, 4) is 0 Å². The second-order valence-corrected chi connectivity index (χ2v) is 41.4. The molecule has 5 aliphatic heterocycles. The summed E-state index contributed by atoms with van der Waals surface area (Å²) in [6, 6.07) is 0.391. The van der Waals surface area contributed by atoms with Gasteiger partial charge >= 0.3 is 0 Å². The minimum Gasteiger partial charge on any atom is -0.395 e. The van der Waals surface area contributed by atoms with E-state index in [1.165, 1.54) is 0 Å². The highest BCUT2D eigenvalue weighted by molar-refractivity contribution is 5.52. The molecule has 3 aromatic rings. The molecule has 5 aliphatic rings. The van der Waals surface area contributed by atoms with Crippen LogP contribution in [0.5, 0.6) is 0 Å². The summed E-state index contributed by atoms with van der Waals surface area (Å²) in [5.74, 6) is 4.48. The van der Waals surface area contributed by atoms with Crippen LogP contribution < -0.4 is 70.7 Å². The summed E-state index contributed by atoms with van der Waals surface area (Å²) in [7, 11) is 0. The molecule has 117 heavy (non-hydrogen) atoms. The number of anilines is 9. The first-order valence-electron chi connectivity index (χ1n) is 44.8. The number of hydrogen-bond acceptors (Lipinski definition) is 31. The molecule has 0 amide bonds. The quantitative estimate of drug-likeness (QED) is 0.0246. The fraction of sp³-hybridized carbons (Fsp3) is 0.895. The maximum Gasteiger partial charge on any atom is 0.232 e. The second-order valence-electron chi connectivity index (χ2n) is 41.4. The Morgan fingerprint density at radius 2 is 0.350 bits per heavy atom. The number of nitrogens with zero attached hydrogens (tertiary/aromatic N) is 18. The Hall–Kier alpha value is -5.29. The van der Waals surface area contributed by atoms with E-state index in [0.717, 1.165) is 166 Å². The molecule has 3 aromatic heterocycles. The molecule has 670 valence electrons. The number of aromatic nitrogens is 9. The molecular weight excluding hydrogens is 1480 g/mol. The van der Waals surface area contributed by atoms with Gasteiger partial charge in [0.05, 0.1) is 52.9 Å². The van der Waals surface area contributed by atoms with E-state index in [1.807, 2.05) is 0 Å². The first kappa shape index (κ1) is 97.2. The molecule has 8 rings (SSSR count). The summed E-state index contributed by atoms with van der Waals surface area (Å²) < 4.78 is 0. The van der Waals surface area contributed by atoms with E-state index in [9.17, 15) is 40.9 Å². The highest BCUT2D eigenvalue weighted by Gasteiger charge is 2.48. The predicted octanol–water partition coefficient (Wildman–Crippen LogP) is 7.30. The zero-order valence-electron chi connectivity index (χ0n) is 76.5. The molecule has 5 fully saturated rings. The molecule has 5 saturated heterocycles. The Kier molecular flexibility index (Phi) is 34.6. The summed E-state index contributed by atoms with van der Waals surface area (Å²) >= 11 is 0. The molecule has 0 radical (unpaired) electrons. The number of hydrogen-bond donors (Lipinski definition) is 13. The number of aliphatic hydroxyl groups excluding tert-OH is 8. The lowest BCUT2D eigenvalue weighted by atomic mass is 9.79. The SMILES string of the molecule is CCCCN(c1nc(N(CCCCCCN(c2nc(N(CCO)CCO)nc(N(CCO)CCO)n2)C2CC(C)(C)NC(C)(C)C2)C2CC(C)(C)NC(C)(C)C2)nc(N(CCCCCCN(c2nc(N(CCO)CCO)nc(N(CCO)CCO)n2)C2CC(C)(C)NC(C)(C)C2)C2CC(C)(C)NC(C)(C)C2)n1)C1CC(C)(C)NC(C)(C)C1. The second kappa shape index (κ2) is 41.7. The number of nitrogens with one attached hydrogen (secondary N) is 5. The Morgan fingerprint density at radius 1 is 0.214 bits per heavy atom. The molecule has 0 bridgehead atoms. The molecule has 8 heterocycles. The van der Waals surface area contributed by atoms with E-state index in [-0.39, 0.29) is 191 Å². The highest BCUT2D eigenvalue weighted by atomic mass is 16.3. The summed E-state index contributed by atoms with van der Waals surface area (Å²) in [6.45, 7) is 52.2. The van der Waals surface area contributed by atoms with Crippen molar-refractivity contribution in [1.29, 1.82) is 0 Å². The number of piperidine rings is 5. The van der Waals surface area contributed by atoms with Crippen LogP contribution in [0.3, 0.4) is 0 Å². The monoisotopic (exact) mass is 1650 g/mol. The van der Waals surface area contributed by atoms with Crippen LogP contribution in [0.15, 0.2) is 0 Å². The van der Waals surface area contributed by atoms with Gasteiger partial charge in [0, 0.05) is 171 Å². The van der Waals surface area contributed by atoms with Gasteiger partial charge in [-0.15, -0.1) is 0 Å². The molecule has 0 saturated carbocycles. The van der Waals surface area contributed by atoms with Crippen LogP contribution in [0.25, 0.3) is 0 Å². The molecule has 0 atom stereocenters. The van der Waals surface area contributed by atoms with Crippen molar-refractivity contribution in [3.63, 3.8) is 0 Å². The molecule has 31 heteroatoms. The van der Waals surface area contributed by atoms with Gasteiger partial charge in [0.1, 0.15) is 0 Å². The molecular formula is C86H163N23O8. The van der Waals surface area contributed by atoms with Gasteiger partial charge in [0.15, 0.2) is 0 Å². The van der Waals surface area contributed by atoms with Gasteiger partial charge in [0.2, 0.25) is 53.5 Å². The van der Waals surface area contributed by atoms with Crippen molar-refractivity contribution in [2.75, 3.05) is 182 Å². The van der Waals surface area contributed by atoms with E-state index in [0.29, 0.717) is 48.8 Å². The van der Waals surface area contributed by atoms with Crippen molar-refractivity contribution in [1.82, 2.24) is 71.4 Å². The highest BCUT2D eigenvalue weighted by Crippen LogP contribution is 2.42. The normalized spacial score (nSPS) is 20.9. The summed E-state index contributed by atoms with van der Waals surface area (Å²) in [5, 5.41) is 102. The molecule has 31 nitrogen and oxygen atoms in total. The number of rotatable bonds is 47. The lowest BCUT2D eigenvalue weighted by Gasteiger charge is -2.51. The van der Waals surface area contributed by atoms with E-state index in [1.54, 1.807) is 19.6 Å². The van der Waals surface area contributed by atoms with Crippen molar-refractivity contribution < 1.29 is 40.9 Å². The van der Waals surface area contributed by atoms with E-state index in [2.05, 4.69) is 196 Å². The number of aliphatic hydroxyl groups is 8. The van der Waals surface area contributed by atoms with Crippen molar-refractivity contribution in [2.24, 2.45) is 0 Å². The standard InChI is InChI=1S/C86H163N23O8/c1-22-23-32-105(63-53-77(2,3)96-78(4,5)54-63)74-93-75(108(66-59-83(14,15)99-84(16,17)60-66)35-30-26-24-28-33-106(64-55-79(6,7)97-80(8,9)56-64)72-89-68(101(37-45-110)38-46-111)87-69(90-72)102(39-47-112)40-48-113)95-76(94-74)109(67-61-85(18,19)100-86(20,21)62-67)36-31-27-25-29-34-107(65-57-81(10,11)98-82(12,13)58-65)73-91-70(103(41-49-114)42-50-115)88-71(92-73)104(43-51-116)44-52-117/h63-67,96-100,110-117H,22-62H2,1-21H3. The lowest BCUT2D eigenvalue weighted by molar-refractivity contribution is 0.155. The van der Waals surface area contributed by atoms with Crippen LogP contribution in [0.4, 0.5) is 53.5 Å². The zero-order chi connectivity index (χ0) is 86.2. The fourth-order valence-corrected chi connectivity index (χ4v) is 21.3. The maximum atomic E-state index is 10.3. The number of unbranched alkanes of at least 4 members (excludes halogenated alkanes) is 7. The molecule has 0 aliphatic carbocycles. The van der Waals surface area contributed by atoms with Crippen LogP contribution in [0.2, 0.25) is 0 Å². The maximum absolute atomic E-state index is 10.3. The van der Waals surface area contributed by atoms with Crippen LogP contribution in [0.1, 0.15) is 274 Å². The van der Waals surface area contributed by atoms with Crippen LogP contribution in [-0.2, 0) is 0 Å². The molecule has 0 spiro atoms. The fourth-order valence-electron chi connectivity index (χ4n) is 21.3. The van der Waals surface area contributed by atoms with Crippen LogP contribution in [-0.4, -0.2) is 309 Å². The third kappa shape index (κ3) is 28.9. The molecule has 0 unspecified atom stereocenters. The lowest BCUT2D eigenvalue weighted by Crippen LogP contribution is -2.63. The molecule has 0 aromatic carbocycles. The summed E-state index contributed by atoms with van der Waals surface area (Å²) in [6.07, 6.45) is 17.9. The zero-order valence-corrected chi connectivity index (χ0v) is 76.5. The van der Waals surface area contributed by atoms with Gasteiger partial charge in [-0.3, -0.25) is 0 Å². The van der Waals surface area contributed by atoms with Gasteiger partial charge < -0.3 is 112 Å². The topological polar surface area (TPSA) is 367 Å². The van der Waals surface area contributed by atoms with Crippen molar-refractivity contribution in [2.45, 2.75) is 359 Å². The first-order valence-corrected chi connectivity index (χ1v) is 44.8. The Bertz CT molecular complexity index is 3130. The predicted molar refractivity (Wildman–Crippen MR) is 475 cm³/mol. The third-order valence-corrected chi connectivity index (χ3v) is 24.1. The average molecular weight is 1650 g/mol. The third-order valence-electron chi connectivity index (χ3n) is 24.1. The first-order chi connectivity index (χ1) is 54.8. The van der Waals surface area contributed by atoms with E-state index in [4.69, 9.17) is 44.9 Å². The average Bonchev–Trinajstić information content (AvgIpc) is 0.775. The summed E-state index contributed by atoms with van der Waals surface area (Å²) in [4.78, 5) is 67.9. The van der Waals surface area contributed by atoms with Gasteiger partial charge in [-0.05, 0) is 235 Å². The Balaban J connectivity index is 1.19. The van der Waals surface area contributed by atoms with Crippen LogP contribution in [0, 0.1) is 0 Å². The minimum absolute atomic E-state index is 0.0334. The summed E-state index contributed by atoms with van der Waals surface area (Å²) in [5.41, 5.74) is -1.94. The van der Waals surface area contributed by atoms with E-state index >= 15 is 0 Å². The van der Waals surface area contributed by atoms with E-state index < -0.39 is 0 Å². The van der Waals surface area contributed by atoms with Crippen molar-refractivity contribution >= 4 is 53.5 Å². The van der Waals surface area contributed by atoms with Crippen LogP contribution >= 0.6 is 0 Å². The molecule has 13 N–H and O–H groups in total. The Morgan fingerprint density at radius 3 is 0.496 bits per heavy atom. The van der Waals surface area contributed by atoms with Gasteiger partial charge in [-0.25, -0.2) is 0 Å².